The molecule has 0 fully saturated rings. The van der Waals surface area contributed by atoms with E-state index in [0.717, 1.165) is 5.56 Å². The number of anilines is 2. The highest BCUT2D eigenvalue weighted by molar-refractivity contribution is 6.02. The molecule has 0 spiro atoms. The molecule has 0 saturated heterocycles. The molecule has 0 unspecified atom stereocenters. The van der Waals surface area contributed by atoms with E-state index in [-0.39, 0.29) is 23.6 Å². The minimum Gasteiger partial charge on any atom is -0.362 e. The van der Waals surface area contributed by atoms with E-state index < -0.39 is 0 Å². The molecule has 0 saturated carbocycles. The summed E-state index contributed by atoms with van der Waals surface area (Å²) in [5.41, 5.74) is 3.25. The molecule has 1 amide bonds. The van der Waals surface area contributed by atoms with Gasteiger partial charge in [-0.05, 0) is 24.6 Å². The monoisotopic (exact) mass is 391 g/mol. The molecule has 9 nitrogen and oxygen atoms in total. The van der Waals surface area contributed by atoms with E-state index in [1.165, 1.54) is 0 Å². The number of aromatic nitrogens is 5. The minimum absolute atomic E-state index is 0.0508. The molecular weight excluding hydrogens is 370 g/mol. The van der Waals surface area contributed by atoms with Crippen molar-refractivity contribution >= 4 is 28.6 Å². The first-order chi connectivity index (χ1) is 14.0. The number of fused-ring (bicyclic) bond motifs is 1. The zero-order chi connectivity index (χ0) is 20.4. The van der Waals surface area contributed by atoms with Crippen LogP contribution in [0.5, 0.6) is 0 Å². The van der Waals surface area contributed by atoms with Crippen LogP contribution in [0.2, 0.25) is 0 Å². The fourth-order valence-electron chi connectivity index (χ4n) is 2.86. The third-order valence-electron chi connectivity index (χ3n) is 4.50. The van der Waals surface area contributed by atoms with Crippen LogP contribution in [-0.4, -0.2) is 31.2 Å². The smallest absolute Gasteiger partial charge is 0.277 e. The lowest BCUT2D eigenvalue weighted by molar-refractivity contribution is 0.101. The Labute approximate surface area is 166 Å². The van der Waals surface area contributed by atoms with Gasteiger partial charge in [0.1, 0.15) is 17.1 Å². The molecule has 1 aromatic carbocycles. The number of H-pyrrole nitrogens is 1. The van der Waals surface area contributed by atoms with Crippen molar-refractivity contribution in [2.75, 3.05) is 10.6 Å². The zero-order valence-corrected chi connectivity index (χ0v) is 16.3. The molecule has 29 heavy (non-hydrogen) atoms. The Hall–Kier alpha value is -3.75. The van der Waals surface area contributed by atoms with E-state index in [2.05, 4.69) is 36.0 Å². The van der Waals surface area contributed by atoms with Crippen LogP contribution in [0, 0.1) is 0 Å². The Morgan fingerprint density at radius 2 is 2.03 bits per heavy atom. The quantitative estimate of drug-likeness (QED) is 0.456. The summed E-state index contributed by atoms with van der Waals surface area (Å²) in [6, 6.07) is 9.21. The van der Waals surface area contributed by atoms with Crippen molar-refractivity contribution in [2.24, 2.45) is 0 Å². The second-order valence-electron chi connectivity index (χ2n) is 7.07. The van der Waals surface area contributed by atoms with Crippen molar-refractivity contribution < 1.29 is 9.32 Å². The molecule has 3 N–H and O–H groups in total. The number of hydrogen-bond acceptors (Lipinski definition) is 7. The van der Waals surface area contributed by atoms with Crippen LogP contribution in [0.1, 0.15) is 54.5 Å². The summed E-state index contributed by atoms with van der Waals surface area (Å²) in [5.74, 6) is 1.18. The molecular formula is C20H21N7O2. The molecule has 4 rings (SSSR count). The van der Waals surface area contributed by atoms with Crippen LogP contribution < -0.4 is 10.6 Å². The van der Waals surface area contributed by atoms with Gasteiger partial charge in [-0.1, -0.05) is 31.1 Å². The largest absolute Gasteiger partial charge is 0.362 e. The maximum Gasteiger partial charge on any atom is 0.277 e. The Bertz CT molecular complexity index is 1150. The van der Waals surface area contributed by atoms with Crippen molar-refractivity contribution in [3.8, 4) is 0 Å². The van der Waals surface area contributed by atoms with Gasteiger partial charge in [0.2, 0.25) is 0 Å². The average molecular weight is 391 g/mol. The predicted molar refractivity (Wildman–Crippen MR) is 109 cm³/mol. The molecule has 3 heterocycles. The van der Waals surface area contributed by atoms with Gasteiger partial charge < -0.3 is 15.2 Å². The molecule has 0 bridgehead atoms. The van der Waals surface area contributed by atoms with Gasteiger partial charge in [0.25, 0.3) is 5.91 Å². The first-order valence-electron chi connectivity index (χ1n) is 9.30. The third kappa shape index (κ3) is 4.08. The second-order valence-corrected chi connectivity index (χ2v) is 7.07. The number of amides is 1. The first kappa shape index (κ1) is 18.6. The number of hydrogen-bond donors (Lipinski definition) is 3. The van der Waals surface area contributed by atoms with Crippen molar-refractivity contribution in [3.63, 3.8) is 0 Å². The summed E-state index contributed by atoms with van der Waals surface area (Å²) >= 11 is 0. The molecule has 0 aliphatic carbocycles. The van der Waals surface area contributed by atoms with Crippen LogP contribution in [0.25, 0.3) is 11.2 Å². The highest BCUT2D eigenvalue weighted by atomic mass is 16.5. The van der Waals surface area contributed by atoms with Gasteiger partial charge in [-0.3, -0.25) is 9.89 Å². The molecule has 0 radical (unpaired) electrons. The average Bonchev–Trinajstić information content (AvgIpc) is 3.37. The van der Waals surface area contributed by atoms with Crippen molar-refractivity contribution in [1.29, 1.82) is 0 Å². The molecule has 4 aromatic rings. The Morgan fingerprint density at radius 1 is 1.17 bits per heavy atom. The Kier molecular flexibility index (Phi) is 4.94. The standard InChI is InChI=1S/C20H21N7O2/c1-11(2)17-8-15(27-29-17)20(28)24-14-6-4-5-13(7-14)12(3)23-18-10-21-19-16(25-18)9-22-26-19/h4-12H,1-3H3,(H,23,25)(H,24,28)(H,21,22,26)/t12-/m0/s1. The molecule has 1 atom stereocenters. The number of nitrogens with zero attached hydrogens (tertiary/aromatic N) is 4. The number of carbonyl (C=O) groups is 1. The molecule has 3 aromatic heterocycles. The van der Waals surface area contributed by atoms with Gasteiger partial charge in [0, 0.05) is 17.7 Å². The van der Waals surface area contributed by atoms with Gasteiger partial charge >= 0.3 is 0 Å². The number of benzene rings is 1. The number of carbonyl (C=O) groups excluding carboxylic acids is 1. The summed E-state index contributed by atoms with van der Waals surface area (Å²) in [6.45, 7) is 5.97. The highest BCUT2D eigenvalue weighted by Gasteiger charge is 2.15. The number of nitrogens with one attached hydrogen (secondary N) is 3. The van der Waals surface area contributed by atoms with E-state index in [9.17, 15) is 4.79 Å². The van der Waals surface area contributed by atoms with Gasteiger partial charge in [-0.15, -0.1) is 0 Å². The SMILES string of the molecule is CC(C)c1cc(C(=O)Nc2cccc([C@H](C)Nc3cnc4[nH]ncc4n3)c2)no1. The summed E-state index contributed by atoms with van der Waals surface area (Å²) in [5, 5.41) is 16.7. The van der Waals surface area contributed by atoms with E-state index in [1.807, 2.05) is 45.0 Å². The lowest BCUT2D eigenvalue weighted by Gasteiger charge is -2.16. The van der Waals surface area contributed by atoms with Crippen molar-refractivity contribution in [1.82, 2.24) is 25.3 Å². The molecule has 0 aliphatic heterocycles. The Morgan fingerprint density at radius 3 is 2.83 bits per heavy atom. The van der Waals surface area contributed by atoms with E-state index in [4.69, 9.17) is 4.52 Å². The summed E-state index contributed by atoms with van der Waals surface area (Å²) < 4.78 is 5.20. The van der Waals surface area contributed by atoms with Crippen LogP contribution in [0.15, 0.2) is 47.2 Å². The van der Waals surface area contributed by atoms with Crippen LogP contribution in [-0.2, 0) is 0 Å². The minimum atomic E-state index is -0.310. The lowest BCUT2D eigenvalue weighted by atomic mass is 10.1. The maximum absolute atomic E-state index is 12.4. The van der Waals surface area contributed by atoms with Gasteiger partial charge in [0.05, 0.1) is 18.4 Å². The topological polar surface area (TPSA) is 122 Å². The lowest BCUT2D eigenvalue weighted by Crippen LogP contribution is -2.13. The summed E-state index contributed by atoms with van der Waals surface area (Å²) in [7, 11) is 0. The second kappa shape index (κ2) is 7.70. The van der Waals surface area contributed by atoms with Gasteiger partial charge in [-0.25, -0.2) is 9.97 Å². The Balaban J connectivity index is 1.46. The van der Waals surface area contributed by atoms with E-state index >= 15 is 0 Å². The maximum atomic E-state index is 12.4. The van der Waals surface area contributed by atoms with E-state index in [1.54, 1.807) is 18.5 Å². The van der Waals surface area contributed by atoms with Crippen molar-refractivity contribution in [2.45, 2.75) is 32.7 Å². The summed E-state index contributed by atoms with van der Waals surface area (Å²) in [4.78, 5) is 21.2. The third-order valence-corrected chi connectivity index (χ3v) is 4.50. The van der Waals surface area contributed by atoms with Gasteiger partial charge in [0.15, 0.2) is 11.3 Å². The fourth-order valence-corrected chi connectivity index (χ4v) is 2.86. The fraction of sp³-hybridized carbons (Fsp3) is 0.250. The molecule has 9 heteroatoms. The van der Waals surface area contributed by atoms with Gasteiger partial charge in [-0.2, -0.15) is 5.10 Å². The summed E-state index contributed by atoms with van der Waals surface area (Å²) in [6.07, 6.45) is 3.28. The van der Waals surface area contributed by atoms with Crippen LogP contribution >= 0.6 is 0 Å². The first-order valence-corrected chi connectivity index (χ1v) is 9.30. The normalized spacial score (nSPS) is 12.3. The molecule has 0 aliphatic rings. The van der Waals surface area contributed by atoms with Crippen LogP contribution in [0.3, 0.4) is 0 Å². The number of aromatic amines is 1. The number of rotatable bonds is 6. The highest BCUT2D eigenvalue weighted by Crippen LogP contribution is 2.22. The van der Waals surface area contributed by atoms with Crippen molar-refractivity contribution in [3.05, 3.63) is 59.7 Å². The molecule has 148 valence electrons. The van der Waals surface area contributed by atoms with E-state index in [0.29, 0.717) is 28.4 Å². The zero-order valence-electron chi connectivity index (χ0n) is 16.3. The van der Waals surface area contributed by atoms with Crippen LogP contribution in [0.4, 0.5) is 11.5 Å². The predicted octanol–water partition coefficient (Wildman–Crippen LogP) is 3.89.